The molecule has 0 saturated carbocycles. The number of ether oxygens (including phenoxy) is 2. The van der Waals surface area contributed by atoms with Gasteiger partial charge in [0.25, 0.3) is 5.69 Å². The van der Waals surface area contributed by atoms with Crippen LogP contribution in [0.25, 0.3) is 10.2 Å². The van der Waals surface area contributed by atoms with Crippen LogP contribution in [-0.2, 0) is 4.79 Å². The lowest BCUT2D eigenvalue weighted by Crippen LogP contribution is -2.12. The van der Waals surface area contributed by atoms with E-state index in [4.69, 9.17) is 9.47 Å². The fourth-order valence-electron chi connectivity index (χ4n) is 2.48. The number of nitrogens with one attached hydrogen (secondary N) is 1. The zero-order valence-corrected chi connectivity index (χ0v) is 16.0. The van der Waals surface area contributed by atoms with Gasteiger partial charge in [0.1, 0.15) is 11.5 Å². The molecule has 0 aliphatic rings. The third kappa shape index (κ3) is 5.17. The highest BCUT2D eigenvalue weighted by Crippen LogP contribution is 2.29. The lowest BCUT2D eigenvalue weighted by atomic mass is 10.3. The fourth-order valence-corrected chi connectivity index (χ4v) is 3.40. The molecule has 0 spiro atoms. The van der Waals surface area contributed by atoms with E-state index in [0.717, 1.165) is 11.5 Å². The maximum atomic E-state index is 12.1. The summed E-state index contributed by atoms with van der Waals surface area (Å²) < 4.78 is 11.6. The Morgan fingerprint density at radius 3 is 2.57 bits per heavy atom. The van der Waals surface area contributed by atoms with Gasteiger partial charge in [0.05, 0.1) is 28.4 Å². The van der Waals surface area contributed by atoms with Crippen LogP contribution in [-0.4, -0.2) is 29.0 Å². The molecule has 1 aromatic heterocycles. The van der Waals surface area contributed by atoms with Crippen molar-refractivity contribution in [2.75, 3.05) is 18.5 Å². The minimum atomic E-state index is -0.457. The number of carbonyl (C=O) groups excluding carboxylic acids is 1. The number of rotatable bonds is 9. The molecule has 0 saturated heterocycles. The Morgan fingerprint density at radius 1 is 1.18 bits per heavy atom. The first kappa shape index (κ1) is 19.6. The van der Waals surface area contributed by atoms with E-state index in [1.165, 1.54) is 23.5 Å². The SMILES string of the molecule is CCOc1ccc(OCCCC(=O)Nc2nc3ccc([N+](=O)[O-])cc3s2)cc1. The van der Waals surface area contributed by atoms with Crippen molar-refractivity contribution in [3.63, 3.8) is 0 Å². The van der Waals surface area contributed by atoms with Gasteiger partial charge in [0, 0.05) is 18.6 Å². The van der Waals surface area contributed by atoms with Gasteiger partial charge in [0.2, 0.25) is 5.91 Å². The monoisotopic (exact) mass is 401 g/mol. The van der Waals surface area contributed by atoms with Crippen molar-refractivity contribution in [1.29, 1.82) is 0 Å². The van der Waals surface area contributed by atoms with Crippen LogP contribution in [0.15, 0.2) is 42.5 Å². The Hall–Kier alpha value is -3.20. The second kappa shape index (κ2) is 9.14. The number of non-ortho nitro benzene ring substituents is 1. The summed E-state index contributed by atoms with van der Waals surface area (Å²) in [6, 6.07) is 11.7. The smallest absolute Gasteiger partial charge is 0.270 e. The largest absolute Gasteiger partial charge is 0.494 e. The molecule has 8 nitrogen and oxygen atoms in total. The maximum Gasteiger partial charge on any atom is 0.270 e. The molecule has 28 heavy (non-hydrogen) atoms. The van der Waals surface area contributed by atoms with Crippen LogP contribution in [0.5, 0.6) is 11.5 Å². The van der Waals surface area contributed by atoms with E-state index in [9.17, 15) is 14.9 Å². The van der Waals surface area contributed by atoms with E-state index in [0.29, 0.717) is 35.0 Å². The number of nitro benzene ring substituents is 1. The van der Waals surface area contributed by atoms with Gasteiger partial charge in [-0.2, -0.15) is 0 Å². The van der Waals surface area contributed by atoms with Crippen molar-refractivity contribution in [2.24, 2.45) is 0 Å². The van der Waals surface area contributed by atoms with Crippen molar-refractivity contribution < 1.29 is 19.2 Å². The molecule has 0 radical (unpaired) electrons. The molecule has 0 unspecified atom stereocenters. The summed E-state index contributed by atoms with van der Waals surface area (Å²) >= 11 is 1.21. The highest BCUT2D eigenvalue weighted by atomic mass is 32.1. The van der Waals surface area contributed by atoms with E-state index in [2.05, 4.69) is 10.3 Å². The third-order valence-corrected chi connectivity index (χ3v) is 4.71. The van der Waals surface area contributed by atoms with E-state index in [-0.39, 0.29) is 18.0 Å². The van der Waals surface area contributed by atoms with E-state index < -0.39 is 4.92 Å². The summed E-state index contributed by atoms with van der Waals surface area (Å²) in [5, 5.41) is 14.0. The van der Waals surface area contributed by atoms with E-state index in [1.54, 1.807) is 6.07 Å². The van der Waals surface area contributed by atoms with Gasteiger partial charge in [0.15, 0.2) is 5.13 Å². The maximum absolute atomic E-state index is 12.1. The van der Waals surface area contributed by atoms with Gasteiger partial charge < -0.3 is 14.8 Å². The predicted octanol–water partition coefficient (Wildman–Crippen LogP) is 4.40. The van der Waals surface area contributed by atoms with Crippen LogP contribution < -0.4 is 14.8 Å². The number of anilines is 1. The van der Waals surface area contributed by atoms with Gasteiger partial charge in [-0.3, -0.25) is 14.9 Å². The summed E-state index contributed by atoms with van der Waals surface area (Å²) in [6.07, 6.45) is 0.836. The number of amides is 1. The number of aromatic nitrogens is 1. The molecule has 0 aliphatic carbocycles. The molecule has 3 aromatic rings. The third-order valence-electron chi connectivity index (χ3n) is 3.78. The molecule has 146 valence electrons. The van der Waals surface area contributed by atoms with E-state index in [1.807, 2.05) is 31.2 Å². The molecule has 0 fully saturated rings. The molecule has 3 rings (SSSR count). The highest BCUT2D eigenvalue weighted by molar-refractivity contribution is 7.22. The van der Waals surface area contributed by atoms with Gasteiger partial charge in [-0.15, -0.1) is 0 Å². The van der Waals surface area contributed by atoms with Gasteiger partial charge in [-0.05, 0) is 43.7 Å². The van der Waals surface area contributed by atoms with E-state index >= 15 is 0 Å². The van der Waals surface area contributed by atoms with Crippen molar-refractivity contribution >= 4 is 38.3 Å². The normalized spacial score (nSPS) is 10.6. The van der Waals surface area contributed by atoms with Crippen molar-refractivity contribution in [1.82, 2.24) is 4.98 Å². The molecule has 9 heteroatoms. The molecule has 2 aromatic carbocycles. The summed E-state index contributed by atoms with van der Waals surface area (Å²) in [5.74, 6) is 1.33. The van der Waals surface area contributed by atoms with Gasteiger partial charge in [-0.25, -0.2) is 4.98 Å². The second-order valence-corrected chi connectivity index (χ2v) is 6.86. The topological polar surface area (TPSA) is 104 Å². The summed E-state index contributed by atoms with van der Waals surface area (Å²) in [7, 11) is 0. The standard InChI is InChI=1S/C19H19N3O5S/c1-2-26-14-6-8-15(9-7-14)27-11-3-4-18(23)21-19-20-16-10-5-13(22(24)25)12-17(16)28-19/h5-10,12H,2-4,11H2,1H3,(H,20,21,23). The molecular weight excluding hydrogens is 382 g/mol. The average molecular weight is 401 g/mol. The molecule has 1 amide bonds. The number of fused-ring (bicyclic) bond motifs is 1. The summed E-state index contributed by atoms with van der Waals surface area (Å²) in [6.45, 7) is 2.95. The van der Waals surface area contributed by atoms with Gasteiger partial charge >= 0.3 is 0 Å². The minimum absolute atomic E-state index is 0.000430. The number of nitro groups is 1. The number of nitrogens with zero attached hydrogens (tertiary/aromatic N) is 2. The Balaban J connectivity index is 1.45. The van der Waals surface area contributed by atoms with Crippen molar-refractivity contribution in [2.45, 2.75) is 19.8 Å². The predicted molar refractivity (Wildman–Crippen MR) is 107 cm³/mol. The molecule has 1 N–H and O–H groups in total. The number of benzene rings is 2. The van der Waals surface area contributed by atoms with Crippen LogP contribution in [0.2, 0.25) is 0 Å². The molecule has 0 bridgehead atoms. The molecular formula is C19H19N3O5S. The number of hydrogen-bond donors (Lipinski definition) is 1. The van der Waals surface area contributed by atoms with Crippen molar-refractivity contribution in [3.8, 4) is 11.5 Å². The quantitative estimate of drug-likeness (QED) is 0.324. The lowest BCUT2D eigenvalue weighted by Gasteiger charge is -2.07. The van der Waals surface area contributed by atoms with Crippen LogP contribution in [0.3, 0.4) is 0 Å². The second-order valence-electron chi connectivity index (χ2n) is 5.83. The first-order valence-corrected chi connectivity index (χ1v) is 9.57. The van der Waals surface area contributed by atoms with Crippen LogP contribution in [0.1, 0.15) is 19.8 Å². The minimum Gasteiger partial charge on any atom is -0.494 e. The Kier molecular flexibility index (Phi) is 6.38. The lowest BCUT2D eigenvalue weighted by molar-refractivity contribution is -0.384. The number of carbonyl (C=O) groups is 1. The zero-order valence-electron chi connectivity index (χ0n) is 15.2. The Labute approximate surface area is 165 Å². The molecule has 0 atom stereocenters. The number of thiazole rings is 1. The van der Waals surface area contributed by atoms with Crippen LogP contribution in [0.4, 0.5) is 10.8 Å². The van der Waals surface area contributed by atoms with Crippen LogP contribution >= 0.6 is 11.3 Å². The summed E-state index contributed by atoms with van der Waals surface area (Å²) in [5.41, 5.74) is 0.616. The Morgan fingerprint density at radius 2 is 1.89 bits per heavy atom. The summed E-state index contributed by atoms with van der Waals surface area (Å²) in [4.78, 5) is 26.7. The van der Waals surface area contributed by atoms with Crippen LogP contribution in [0, 0.1) is 10.1 Å². The molecule has 0 aliphatic heterocycles. The highest BCUT2D eigenvalue weighted by Gasteiger charge is 2.12. The fraction of sp³-hybridized carbons (Fsp3) is 0.263. The average Bonchev–Trinajstić information content (AvgIpc) is 3.08. The first-order chi connectivity index (χ1) is 13.5. The Bertz CT molecular complexity index is 971. The van der Waals surface area contributed by atoms with Crippen molar-refractivity contribution in [3.05, 3.63) is 52.6 Å². The molecule has 1 heterocycles. The number of hydrogen-bond acceptors (Lipinski definition) is 7. The first-order valence-electron chi connectivity index (χ1n) is 8.75. The zero-order chi connectivity index (χ0) is 19.9. The van der Waals surface area contributed by atoms with Gasteiger partial charge in [-0.1, -0.05) is 11.3 Å².